The van der Waals surface area contributed by atoms with E-state index in [2.05, 4.69) is 26.8 Å². The summed E-state index contributed by atoms with van der Waals surface area (Å²) in [6.07, 6.45) is 5.80. The molecule has 0 radical (unpaired) electrons. The molecule has 6 nitrogen and oxygen atoms in total. The summed E-state index contributed by atoms with van der Waals surface area (Å²) in [7, 11) is 0. The van der Waals surface area contributed by atoms with Crippen LogP contribution in [-0.4, -0.2) is 56.8 Å². The number of hydrogen-bond acceptors (Lipinski definition) is 4. The van der Waals surface area contributed by atoms with Gasteiger partial charge >= 0.3 is 0 Å². The second-order valence-corrected chi connectivity index (χ2v) is 5.94. The van der Waals surface area contributed by atoms with Crippen molar-refractivity contribution in [2.24, 2.45) is 0 Å². The fourth-order valence-corrected chi connectivity index (χ4v) is 3.03. The molecule has 3 rings (SSSR count). The molecule has 1 atom stereocenters. The molecular weight excluding hydrogens is 290 g/mol. The van der Waals surface area contributed by atoms with Crippen molar-refractivity contribution in [3.05, 3.63) is 47.8 Å². The first-order valence-corrected chi connectivity index (χ1v) is 8.10. The molecule has 2 aromatic heterocycles. The first-order chi connectivity index (χ1) is 11.2. The number of carbonyl (C=O) groups is 1. The van der Waals surface area contributed by atoms with Gasteiger partial charge < -0.3 is 9.88 Å². The van der Waals surface area contributed by atoms with E-state index in [1.54, 1.807) is 12.4 Å². The maximum atomic E-state index is 12.6. The number of nitrogens with one attached hydrogen (secondary N) is 1. The Balaban J connectivity index is 1.68. The minimum atomic E-state index is 0.142. The number of rotatable bonds is 4. The summed E-state index contributed by atoms with van der Waals surface area (Å²) in [6.45, 7) is 7.37. The van der Waals surface area contributed by atoms with Crippen molar-refractivity contribution in [2.75, 3.05) is 26.2 Å². The zero-order valence-electron chi connectivity index (χ0n) is 13.7. The van der Waals surface area contributed by atoms with Crippen LogP contribution in [0, 0.1) is 6.92 Å². The van der Waals surface area contributed by atoms with Crippen LogP contribution in [0.2, 0.25) is 0 Å². The molecule has 0 aliphatic carbocycles. The largest absolute Gasteiger partial charge is 0.347 e. The van der Waals surface area contributed by atoms with Gasteiger partial charge in [0.1, 0.15) is 5.82 Å². The number of carbonyl (C=O) groups excluding carboxylic acids is 1. The van der Waals surface area contributed by atoms with Crippen LogP contribution in [-0.2, 0) is 11.2 Å². The van der Waals surface area contributed by atoms with Gasteiger partial charge in [0, 0.05) is 43.9 Å². The van der Waals surface area contributed by atoms with E-state index in [-0.39, 0.29) is 11.9 Å². The van der Waals surface area contributed by atoms with Crippen molar-refractivity contribution in [2.45, 2.75) is 26.3 Å². The molecule has 23 heavy (non-hydrogen) atoms. The maximum absolute atomic E-state index is 12.6. The van der Waals surface area contributed by atoms with Gasteiger partial charge in [0.2, 0.25) is 5.91 Å². The second-order valence-electron chi connectivity index (χ2n) is 5.94. The minimum Gasteiger partial charge on any atom is -0.347 e. The Kier molecular flexibility index (Phi) is 4.71. The lowest BCUT2D eigenvalue weighted by molar-refractivity contribution is -0.133. The lowest BCUT2D eigenvalue weighted by atomic mass is 10.1. The van der Waals surface area contributed by atoms with Crippen LogP contribution in [0.3, 0.4) is 0 Å². The van der Waals surface area contributed by atoms with E-state index < -0.39 is 0 Å². The summed E-state index contributed by atoms with van der Waals surface area (Å²) < 4.78 is 0. The van der Waals surface area contributed by atoms with Crippen LogP contribution in [0.5, 0.6) is 0 Å². The molecule has 0 saturated carbocycles. The van der Waals surface area contributed by atoms with E-state index in [1.807, 2.05) is 30.2 Å². The average molecular weight is 313 g/mol. The summed E-state index contributed by atoms with van der Waals surface area (Å²) >= 11 is 0. The van der Waals surface area contributed by atoms with Gasteiger partial charge in [-0.15, -0.1) is 0 Å². The Morgan fingerprint density at radius 2 is 2.22 bits per heavy atom. The molecule has 1 aliphatic heterocycles. The number of likely N-dealkylation sites (N-methyl/N-ethyl adjacent to an activating group) is 1. The van der Waals surface area contributed by atoms with E-state index in [0.29, 0.717) is 13.0 Å². The number of piperazine rings is 1. The Hall–Kier alpha value is -2.21. The van der Waals surface area contributed by atoms with Crippen molar-refractivity contribution in [1.82, 2.24) is 24.8 Å². The molecule has 1 saturated heterocycles. The van der Waals surface area contributed by atoms with Crippen LogP contribution in [0.4, 0.5) is 0 Å². The molecule has 3 heterocycles. The molecule has 1 amide bonds. The van der Waals surface area contributed by atoms with Gasteiger partial charge in [-0.2, -0.15) is 0 Å². The van der Waals surface area contributed by atoms with Crippen LogP contribution in [0.15, 0.2) is 30.7 Å². The van der Waals surface area contributed by atoms with Gasteiger partial charge in [0.05, 0.1) is 12.5 Å². The minimum absolute atomic E-state index is 0.142. The highest BCUT2D eigenvalue weighted by Gasteiger charge is 2.31. The van der Waals surface area contributed by atoms with E-state index in [9.17, 15) is 4.79 Å². The van der Waals surface area contributed by atoms with Crippen LogP contribution in [0.25, 0.3) is 0 Å². The van der Waals surface area contributed by atoms with Crippen LogP contribution < -0.4 is 0 Å². The van der Waals surface area contributed by atoms with Gasteiger partial charge in [-0.05, 0) is 25.1 Å². The molecule has 0 spiro atoms. The molecule has 0 unspecified atom stereocenters. The molecule has 1 fully saturated rings. The average Bonchev–Trinajstić information content (AvgIpc) is 3.10. The fraction of sp³-hybridized carbons (Fsp3) is 0.471. The van der Waals surface area contributed by atoms with E-state index in [1.165, 1.54) is 0 Å². The molecular formula is C17H23N5O. The summed E-state index contributed by atoms with van der Waals surface area (Å²) in [5.74, 6) is 1.09. The van der Waals surface area contributed by atoms with Crippen LogP contribution >= 0.6 is 0 Å². The highest BCUT2D eigenvalue weighted by molar-refractivity contribution is 5.78. The normalized spacial score (nSPS) is 19.0. The van der Waals surface area contributed by atoms with Crippen molar-refractivity contribution in [1.29, 1.82) is 0 Å². The number of aromatic amines is 1. The molecule has 1 aliphatic rings. The highest BCUT2D eigenvalue weighted by atomic mass is 16.2. The summed E-state index contributed by atoms with van der Waals surface area (Å²) in [4.78, 5) is 28.7. The van der Waals surface area contributed by atoms with Crippen molar-refractivity contribution in [3.63, 3.8) is 0 Å². The summed E-state index contributed by atoms with van der Waals surface area (Å²) in [5, 5.41) is 0. The predicted octanol–water partition coefficient (Wildman–Crippen LogP) is 1.56. The van der Waals surface area contributed by atoms with Gasteiger partial charge in [0.25, 0.3) is 0 Å². The number of pyridine rings is 1. The Morgan fingerprint density at radius 1 is 1.35 bits per heavy atom. The van der Waals surface area contributed by atoms with Gasteiger partial charge in [-0.1, -0.05) is 13.0 Å². The lowest BCUT2D eigenvalue weighted by Crippen LogP contribution is -2.51. The summed E-state index contributed by atoms with van der Waals surface area (Å²) in [5.41, 5.74) is 1.93. The number of nitrogens with zero attached hydrogens (tertiary/aromatic N) is 4. The smallest absolute Gasteiger partial charge is 0.227 e. The topological polar surface area (TPSA) is 65.1 Å². The lowest BCUT2D eigenvalue weighted by Gasteiger charge is -2.40. The van der Waals surface area contributed by atoms with Gasteiger partial charge in [-0.3, -0.25) is 14.7 Å². The number of amides is 1. The summed E-state index contributed by atoms with van der Waals surface area (Å²) in [6, 6.07) is 4.07. The van der Waals surface area contributed by atoms with Crippen molar-refractivity contribution < 1.29 is 4.79 Å². The molecule has 0 aromatic carbocycles. The number of aromatic nitrogens is 3. The van der Waals surface area contributed by atoms with Crippen molar-refractivity contribution >= 4 is 5.91 Å². The third-order valence-electron chi connectivity index (χ3n) is 4.41. The van der Waals surface area contributed by atoms with Crippen LogP contribution in [0.1, 0.15) is 30.0 Å². The number of imidazole rings is 1. The Morgan fingerprint density at radius 3 is 2.87 bits per heavy atom. The predicted molar refractivity (Wildman–Crippen MR) is 87.8 cm³/mol. The highest BCUT2D eigenvalue weighted by Crippen LogP contribution is 2.23. The maximum Gasteiger partial charge on any atom is 0.227 e. The number of hydrogen-bond donors (Lipinski definition) is 1. The van der Waals surface area contributed by atoms with E-state index in [4.69, 9.17) is 0 Å². The van der Waals surface area contributed by atoms with Gasteiger partial charge in [0.15, 0.2) is 0 Å². The van der Waals surface area contributed by atoms with Gasteiger partial charge in [-0.25, -0.2) is 4.98 Å². The zero-order valence-corrected chi connectivity index (χ0v) is 13.7. The third kappa shape index (κ3) is 3.59. The SMILES string of the molecule is CCN1CCN(C(=O)Cc2ccc(C)nc2)C[C@H]1c1ncc[nH]1. The Bertz CT molecular complexity index is 638. The molecule has 2 aromatic rings. The monoisotopic (exact) mass is 313 g/mol. The third-order valence-corrected chi connectivity index (χ3v) is 4.41. The number of aryl methyl sites for hydroxylation is 1. The molecule has 0 bridgehead atoms. The van der Waals surface area contributed by atoms with Crippen molar-refractivity contribution in [3.8, 4) is 0 Å². The molecule has 122 valence electrons. The number of H-pyrrole nitrogens is 1. The molecule has 6 heteroatoms. The van der Waals surface area contributed by atoms with E-state index >= 15 is 0 Å². The Labute approximate surface area is 136 Å². The standard InChI is InChI=1S/C17H23N5O/c1-3-21-8-9-22(12-15(21)17-18-6-7-19-17)16(23)10-14-5-4-13(2)20-11-14/h4-7,11,15H,3,8-10,12H2,1-2H3,(H,18,19)/t15-/m0/s1. The first-order valence-electron chi connectivity index (χ1n) is 8.10. The second kappa shape index (κ2) is 6.91. The fourth-order valence-electron chi connectivity index (χ4n) is 3.03. The van der Waals surface area contributed by atoms with E-state index in [0.717, 1.165) is 36.7 Å². The molecule has 1 N–H and O–H groups in total. The zero-order chi connectivity index (χ0) is 16.2. The quantitative estimate of drug-likeness (QED) is 0.930. The first kappa shape index (κ1) is 15.7.